The molecule has 8 saturated carbocycles. The summed E-state index contributed by atoms with van der Waals surface area (Å²) in [6, 6.07) is 0. The van der Waals surface area contributed by atoms with E-state index < -0.39 is 5.41 Å². The van der Waals surface area contributed by atoms with Gasteiger partial charge in [0.2, 0.25) is 0 Å². The number of hydrogen-bond acceptors (Lipinski definition) is 4. The zero-order chi connectivity index (χ0) is 24.0. The molecule has 0 spiro atoms. The fourth-order valence-electron chi connectivity index (χ4n) is 11.7. The zero-order valence-electron chi connectivity index (χ0n) is 21.4. The number of hydrogen-bond donors (Lipinski definition) is 0. The molecule has 8 aliphatic rings. The number of carbonyl (C=O) groups is 2. The number of ether oxygens (including phenoxy) is 2. The Morgan fingerprint density at radius 3 is 1.62 bits per heavy atom. The van der Waals surface area contributed by atoms with Crippen LogP contribution in [0.15, 0.2) is 0 Å². The topological polar surface area (TPSA) is 52.6 Å². The van der Waals surface area contributed by atoms with Crippen molar-refractivity contribution in [3.63, 3.8) is 0 Å². The molecule has 8 fully saturated rings. The van der Waals surface area contributed by atoms with Gasteiger partial charge in [0.05, 0.1) is 13.2 Å². The van der Waals surface area contributed by atoms with Crippen LogP contribution >= 0.6 is 15.9 Å². The highest BCUT2D eigenvalue weighted by atomic mass is 79.9. The van der Waals surface area contributed by atoms with E-state index in [-0.39, 0.29) is 33.6 Å². The summed E-state index contributed by atoms with van der Waals surface area (Å²) in [4.78, 5) is 28.2. The lowest BCUT2D eigenvalue weighted by atomic mass is 9.54. The van der Waals surface area contributed by atoms with E-state index in [2.05, 4.69) is 22.9 Å². The van der Waals surface area contributed by atoms with Crippen molar-refractivity contribution in [2.24, 2.45) is 50.7 Å². The van der Waals surface area contributed by atoms with Crippen LogP contribution in [0.25, 0.3) is 0 Å². The first-order valence-corrected chi connectivity index (χ1v) is 15.2. The minimum absolute atomic E-state index is 0.0524. The zero-order valence-corrected chi connectivity index (χ0v) is 23.0. The van der Waals surface area contributed by atoms with E-state index in [1.165, 1.54) is 64.2 Å². The predicted molar refractivity (Wildman–Crippen MR) is 134 cm³/mol. The van der Waals surface area contributed by atoms with Gasteiger partial charge in [-0.25, -0.2) is 0 Å². The average Bonchev–Trinajstić information content (AvgIpc) is 3.27. The number of esters is 2. The lowest BCUT2D eigenvalue weighted by Crippen LogP contribution is -2.52. The van der Waals surface area contributed by atoms with E-state index >= 15 is 0 Å². The lowest BCUT2D eigenvalue weighted by molar-refractivity contribution is -0.181. The first kappa shape index (κ1) is 23.8. The molecule has 0 heterocycles. The van der Waals surface area contributed by atoms with Crippen molar-refractivity contribution < 1.29 is 19.1 Å². The Kier molecular flexibility index (Phi) is 5.40. The predicted octanol–water partition coefficient (Wildman–Crippen LogP) is 6.69. The molecule has 4 atom stereocenters. The molecular weight excluding hydrogens is 492 g/mol. The van der Waals surface area contributed by atoms with Crippen LogP contribution in [0.3, 0.4) is 0 Å². The van der Waals surface area contributed by atoms with Crippen LogP contribution in [0, 0.1) is 50.7 Å². The Morgan fingerprint density at radius 2 is 1.15 bits per heavy atom. The van der Waals surface area contributed by atoms with Crippen molar-refractivity contribution in [2.75, 3.05) is 18.5 Å². The second-order valence-corrected chi connectivity index (χ2v) is 14.5. The largest absolute Gasteiger partial charge is 0.465 e. The van der Waals surface area contributed by atoms with Crippen LogP contribution in [0.2, 0.25) is 0 Å². The van der Waals surface area contributed by atoms with Gasteiger partial charge in [-0.3, -0.25) is 9.59 Å². The average molecular weight is 536 g/mol. The van der Waals surface area contributed by atoms with Gasteiger partial charge in [0, 0.05) is 5.33 Å². The highest BCUT2D eigenvalue weighted by Crippen LogP contribution is 2.78. The van der Waals surface area contributed by atoms with Crippen molar-refractivity contribution in [1.29, 1.82) is 0 Å². The summed E-state index contributed by atoms with van der Waals surface area (Å²) in [5.74, 6) is 2.46. The lowest BCUT2D eigenvalue weighted by Gasteiger charge is -2.49. The summed E-state index contributed by atoms with van der Waals surface area (Å²) in [5.41, 5.74) is -0.560. The summed E-state index contributed by atoms with van der Waals surface area (Å²) in [6.07, 6.45) is 13.7. The summed E-state index contributed by atoms with van der Waals surface area (Å²) in [6.45, 7) is 6.85. The number of alkyl halides is 1. The molecular formula is C29H43BrO4. The summed E-state index contributed by atoms with van der Waals surface area (Å²) in [7, 11) is 0. The van der Waals surface area contributed by atoms with Crippen molar-refractivity contribution in [3.05, 3.63) is 0 Å². The molecule has 5 heteroatoms. The van der Waals surface area contributed by atoms with Crippen LogP contribution in [-0.4, -0.2) is 30.5 Å². The first-order valence-electron chi connectivity index (χ1n) is 14.1. The molecule has 0 N–H and O–H groups in total. The molecule has 190 valence electrons. The van der Waals surface area contributed by atoms with Crippen molar-refractivity contribution in [1.82, 2.24) is 0 Å². The number of rotatable bonds is 9. The highest BCUT2D eigenvalue weighted by Gasteiger charge is 2.72. The van der Waals surface area contributed by atoms with E-state index in [0.29, 0.717) is 26.1 Å². The standard InChI is InChI=1S/C29H43BrO4/c1-4-33-23(31)29(24(32)34-5-2,16-26-10-19-6-20(11-26)9-25(26,3)8-19)17-27-12-21-7-22(13-27)15-28(27,14-21)18-30/h19-22H,4-18H2,1-3H3/t19-,20-,21+,22+,25?,26?,27?,28?/m0/s1. The van der Waals surface area contributed by atoms with E-state index in [9.17, 15) is 9.59 Å². The minimum Gasteiger partial charge on any atom is -0.465 e. The van der Waals surface area contributed by atoms with Gasteiger partial charge in [-0.1, -0.05) is 22.9 Å². The third-order valence-electron chi connectivity index (χ3n) is 12.2. The van der Waals surface area contributed by atoms with Crippen LogP contribution < -0.4 is 0 Å². The van der Waals surface area contributed by atoms with Gasteiger partial charge < -0.3 is 9.47 Å². The van der Waals surface area contributed by atoms with E-state index in [4.69, 9.17) is 9.47 Å². The Morgan fingerprint density at radius 1 is 0.735 bits per heavy atom. The Hall–Kier alpha value is -0.580. The normalized spacial score (nSPS) is 47.5. The Balaban J connectivity index is 1.44. The summed E-state index contributed by atoms with van der Waals surface area (Å²) < 4.78 is 11.6. The molecule has 0 aromatic rings. The number of carbonyl (C=O) groups excluding carboxylic acids is 2. The van der Waals surface area contributed by atoms with Crippen LogP contribution in [0.5, 0.6) is 0 Å². The van der Waals surface area contributed by atoms with Gasteiger partial charge in [0.25, 0.3) is 0 Å². The number of halogens is 1. The Bertz CT molecular complexity index is 833. The first-order chi connectivity index (χ1) is 16.2. The molecule has 4 nitrogen and oxygen atoms in total. The van der Waals surface area contributed by atoms with Crippen LogP contribution in [0.4, 0.5) is 0 Å². The SMILES string of the molecule is CCOC(=O)C(CC12C[C@H]3C[C@@H](CC1(C)C3)C2)(CC12C[C@H]3C[C@@H](CC1(CBr)C3)C2)C(=O)OCC. The fourth-order valence-corrected chi connectivity index (χ4v) is 12.7. The van der Waals surface area contributed by atoms with Crippen LogP contribution in [0.1, 0.15) is 97.8 Å². The summed E-state index contributed by atoms with van der Waals surface area (Å²) in [5, 5.41) is 0.988. The smallest absolute Gasteiger partial charge is 0.323 e. The fraction of sp³-hybridized carbons (Fsp3) is 0.931. The summed E-state index contributed by atoms with van der Waals surface area (Å²) >= 11 is 3.92. The molecule has 8 aliphatic carbocycles. The highest BCUT2D eigenvalue weighted by molar-refractivity contribution is 9.09. The molecule has 0 saturated heterocycles. The van der Waals surface area contributed by atoms with Crippen molar-refractivity contribution >= 4 is 27.9 Å². The molecule has 0 radical (unpaired) electrons. The van der Waals surface area contributed by atoms with Crippen molar-refractivity contribution in [2.45, 2.75) is 97.8 Å². The second kappa shape index (κ2) is 7.71. The van der Waals surface area contributed by atoms with Gasteiger partial charge in [0.15, 0.2) is 5.41 Å². The van der Waals surface area contributed by atoms with Gasteiger partial charge in [-0.05, 0) is 136 Å². The molecule has 0 aromatic heterocycles. The third kappa shape index (κ3) is 3.00. The Labute approximate surface area is 213 Å². The molecule has 0 aromatic carbocycles. The maximum atomic E-state index is 14.1. The van der Waals surface area contributed by atoms with Gasteiger partial charge in [-0.15, -0.1) is 0 Å². The third-order valence-corrected chi connectivity index (χ3v) is 13.2. The van der Waals surface area contributed by atoms with Gasteiger partial charge in [0.1, 0.15) is 0 Å². The molecule has 0 unspecified atom stereocenters. The van der Waals surface area contributed by atoms with Crippen LogP contribution in [-0.2, 0) is 19.1 Å². The van der Waals surface area contributed by atoms with Crippen molar-refractivity contribution in [3.8, 4) is 0 Å². The van der Waals surface area contributed by atoms with Gasteiger partial charge >= 0.3 is 11.9 Å². The van der Waals surface area contributed by atoms with Gasteiger partial charge in [-0.2, -0.15) is 0 Å². The monoisotopic (exact) mass is 534 g/mol. The second-order valence-electron chi connectivity index (χ2n) is 14.0. The quantitative estimate of drug-likeness (QED) is 0.188. The molecule has 34 heavy (non-hydrogen) atoms. The van der Waals surface area contributed by atoms with E-state index in [1.807, 2.05) is 13.8 Å². The maximum Gasteiger partial charge on any atom is 0.323 e. The van der Waals surface area contributed by atoms with E-state index in [1.54, 1.807) is 0 Å². The minimum atomic E-state index is -1.16. The molecule has 0 amide bonds. The molecule has 8 bridgehead atoms. The molecule has 0 aliphatic heterocycles. The maximum absolute atomic E-state index is 14.1. The van der Waals surface area contributed by atoms with E-state index in [0.717, 1.165) is 29.0 Å². The molecule has 8 rings (SSSR count).